The molecular formula is C18H22FN3O2. The molecule has 128 valence electrons. The van der Waals surface area contributed by atoms with Crippen LogP contribution in [0.4, 0.5) is 4.39 Å². The van der Waals surface area contributed by atoms with E-state index in [1.165, 1.54) is 13.2 Å². The summed E-state index contributed by atoms with van der Waals surface area (Å²) in [6, 6.07) is 6.94. The van der Waals surface area contributed by atoms with E-state index in [4.69, 9.17) is 9.47 Å². The summed E-state index contributed by atoms with van der Waals surface area (Å²) in [5.41, 5.74) is 2.48. The minimum atomic E-state index is -0.244. The molecule has 1 aromatic carbocycles. The van der Waals surface area contributed by atoms with E-state index >= 15 is 0 Å². The summed E-state index contributed by atoms with van der Waals surface area (Å²) >= 11 is 0. The zero-order valence-electron chi connectivity index (χ0n) is 14.3. The van der Waals surface area contributed by atoms with Crippen LogP contribution < -0.4 is 4.74 Å². The Balaban J connectivity index is 1.71. The van der Waals surface area contributed by atoms with Crippen molar-refractivity contribution >= 4 is 0 Å². The lowest BCUT2D eigenvalue weighted by Gasteiger charge is -2.32. The number of hydrogen-bond donors (Lipinski definition) is 0. The van der Waals surface area contributed by atoms with Crippen molar-refractivity contribution in [1.29, 1.82) is 0 Å². The first-order valence-corrected chi connectivity index (χ1v) is 8.03. The number of aryl methyl sites for hydroxylation is 2. The van der Waals surface area contributed by atoms with E-state index in [0.717, 1.165) is 23.8 Å². The maximum absolute atomic E-state index is 14.2. The molecule has 1 aliphatic heterocycles. The van der Waals surface area contributed by atoms with E-state index in [0.29, 0.717) is 31.0 Å². The van der Waals surface area contributed by atoms with Crippen molar-refractivity contribution in [2.75, 3.05) is 26.8 Å². The Labute approximate surface area is 141 Å². The first-order valence-electron chi connectivity index (χ1n) is 8.03. The summed E-state index contributed by atoms with van der Waals surface area (Å²) in [5, 5.41) is 0. The van der Waals surface area contributed by atoms with Gasteiger partial charge in [-0.1, -0.05) is 6.07 Å². The van der Waals surface area contributed by atoms with Gasteiger partial charge in [-0.2, -0.15) is 0 Å². The summed E-state index contributed by atoms with van der Waals surface area (Å²) in [4.78, 5) is 11.0. The monoisotopic (exact) mass is 331 g/mol. The Morgan fingerprint density at radius 2 is 2.12 bits per heavy atom. The fraction of sp³-hybridized carbons (Fsp3) is 0.444. The van der Waals surface area contributed by atoms with Crippen LogP contribution in [0.3, 0.4) is 0 Å². The highest BCUT2D eigenvalue weighted by Gasteiger charge is 2.24. The highest BCUT2D eigenvalue weighted by molar-refractivity contribution is 5.29. The maximum Gasteiger partial charge on any atom is 0.131 e. The highest BCUT2D eigenvalue weighted by atomic mass is 19.1. The zero-order chi connectivity index (χ0) is 17.1. The molecule has 1 aliphatic rings. The molecule has 1 aromatic heterocycles. The molecule has 2 aromatic rings. The van der Waals surface area contributed by atoms with Crippen LogP contribution in [0, 0.1) is 19.7 Å². The van der Waals surface area contributed by atoms with Crippen molar-refractivity contribution < 1.29 is 13.9 Å². The van der Waals surface area contributed by atoms with Crippen molar-refractivity contribution in [2.45, 2.75) is 26.5 Å². The molecule has 6 heteroatoms. The minimum Gasteiger partial charge on any atom is -0.497 e. The van der Waals surface area contributed by atoms with Gasteiger partial charge in [0.1, 0.15) is 23.5 Å². The van der Waals surface area contributed by atoms with Crippen LogP contribution >= 0.6 is 0 Å². The first-order chi connectivity index (χ1) is 11.5. The molecule has 1 saturated heterocycles. The Morgan fingerprint density at radius 3 is 2.83 bits per heavy atom. The second-order valence-electron chi connectivity index (χ2n) is 6.03. The van der Waals surface area contributed by atoms with E-state index in [2.05, 4.69) is 14.9 Å². The van der Waals surface area contributed by atoms with Gasteiger partial charge >= 0.3 is 0 Å². The molecular weight excluding hydrogens is 309 g/mol. The van der Waals surface area contributed by atoms with Gasteiger partial charge in [0.05, 0.1) is 19.4 Å². The molecule has 0 bridgehead atoms. The molecule has 0 saturated carbocycles. The summed E-state index contributed by atoms with van der Waals surface area (Å²) in [7, 11) is 1.53. The van der Waals surface area contributed by atoms with E-state index in [1.54, 1.807) is 12.1 Å². The smallest absolute Gasteiger partial charge is 0.131 e. The summed E-state index contributed by atoms with van der Waals surface area (Å²) < 4.78 is 25.1. The van der Waals surface area contributed by atoms with Crippen molar-refractivity contribution in [2.24, 2.45) is 0 Å². The lowest BCUT2D eigenvalue weighted by molar-refractivity contribution is -0.0354. The lowest BCUT2D eigenvalue weighted by atomic mass is 10.1. The standard InChI is InChI=1S/C18H22FN3O2/c1-12-8-17(21-13(2)20-12)18-11-22(6-7-24-18)10-14-4-5-15(23-3)9-16(14)19/h4-5,8-9,18H,6-7,10-11H2,1-3H3/t18-/m1/s1. The third-order valence-corrected chi connectivity index (χ3v) is 4.12. The van der Waals surface area contributed by atoms with Crippen molar-refractivity contribution in [3.63, 3.8) is 0 Å². The molecule has 0 spiro atoms. The second kappa shape index (κ2) is 7.23. The quantitative estimate of drug-likeness (QED) is 0.862. The zero-order valence-corrected chi connectivity index (χ0v) is 14.3. The van der Waals surface area contributed by atoms with Crippen LogP contribution in [-0.2, 0) is 11.3 Å². The number of ether oxygens (including phenoxy) is 2. The van der Waals surface area contributed by atoms with Crippen LogP contribution in [-0.4, -0.2) is 41.7 Å². The molecule has 1 fully saturated rings. The highest BCUT2D eigenvalue weighted by Crippen LogP contribution is 2.24. The Hall–Kier alpha value is -2.05. The molecule has 0 radical (unpaired) electrons. The molecule has 1 atom stereocenters. The SMILES string of the molecule is COc1ccc(CN2CCO[C@@H](c3cc(C)nc(C)n3)C2)c(F)c1. The second-order valence-corrected chi connectivity index (χ2v) is 6.03. The molecule has 5 nitrogen and oxygen atoms in total. The van der Waals surface area contributed by atoms with Crippen molar-refractivity contribution in [3.05, 3.63) is 52.9 Å². The van der Waals surface area contributed by atoms with Gasteiger partial charge in [0.2, 0.25) is 0 Å². The number of benzene rings is 1. The van der Waals surface area contributed by atoms with Gasteiger partial charge in [-0.3, -0.25) is 4.90 Å². The number of halogens is 1. The van der Waals surface area contributed by atoms with Crippen LogP contribution in [0.5, 0.6) is 5.75 Å². The number of methoxy groups -OCH3 is 1. The van der Waals surface area contributed by atoms with Crippen LogP contribution in [0.2, 0.25) is 0 Å². The van der Waals surface area contributed by atoms with Crippen molar-refractivity contribution in [3.8, 4) is 5.75 Å². The van der Waals surface area contributed by atoms with Crippen LogP contribution in [0.25, 0.3) is 0 Å². The van der Waals surface area contributed by atoms with E-state index in [1.807, 2.05) is 19.9 Å². The molecule has 0 aliphatic carbocycles. The predicted molar refractivity (Wildman–Crippen MR) is 88.4 cm³/mol. The van der Waals surface area contributed by atoms with Gasteiger partial charge in [0, 0.05) is 37.0 Å². The fourth-order valence-electron chi connectivity index (χ4n) is 2.96. The van der Waals surface area contributed by atoms with Crippen molar-refractivity contribution in [1.82, 2.24) is 14.9 Å². The van der Waals surface area contributed by atoms with Gasteiger partial charge in [0.25, 0.3) is 0 Å². The molecule has 0 unspecified atom stereocenters. The Bertz CT molecular complexity index is 703. The largest absolute Gasteiger partial charge is 0.497 e. The molecule has 0 amide bonds. The molecule has 2 heterocycles. The summed E-state index contributed by atoms with van der Waals surface area (Å²) in [6.07, 6.45) is -0.111. The average Bonchev–Trinajstić information content (AvgIpc) is 2.56. The maximum atomic E-state index is 14.2. The predicted octanol–water partition coefficient (Wildman–Crippen LogP) is 2.81. The number of aromatic nitrogens is 2. The lowest BCUT2D eigenvalue weighted by Crippen LogP contribution is -2.38. The normalized spacial score (nSPS) is 18.6. The Kier molecular flexibility index (Phi) is 5.06. The third-order valence-electron chi connectivity index (χ3n) is 4.12. The van der Waals surface area contributed by atoms with Crippen LogP contribution in [0.15, 0.2) is 24.3 Å². The summed E-state index contributed by atoms with van der Waals surface area (Å²) in [6.45, 7) is 6.42. The van der Waals surface area contributed by atoms with Gasteiger partial charge in [-0.05, 0) is 26.0 Å². The Morgan fingerprint density at radius 1 is 1.29 bits per heavy atom. The van der Waals surface area contributed by atoms with E-state index < -0.39 is 0 Å². The number of rotatable bonds is 4. The minimum absolute atomic E-state index is 0.111. The van der Waals surface area contributed by atoms with Gasteiger partial charge in [0.15, 0.2) is 0 Å². The summed E-state index contributed by atoms with van der Waals surface area (Å²) in [5.74, 6) is 1.03. The molecule has 24 heavy (non-hydrogen) atoms. The number of nitrogens with zero attached hydrogens (tertiary/aromatic N) is 3. The molecule has 3 rings (SSSR count). The van der Waals surface area contributed by atoms with Crippen LogP contribution in [0.1, 0.15) is 28.9 Å². The number of morpholine rings is 1. The molecule has 0 N–H and O–H groups in total. The number of hydrogen-bond acceptors (Lipinski definition) is 5. The van der Waals surface area contributed by atoms with E-state index in [9.17, 15) is 4.39 Å². The third kappa shape index (κ3) is 3.88. The average molecular weight is 331 g/mol. The van der Waals surface area contributed by atoms with Gasteiger partial charge < -0.3 is 9.47 Å². The fourth-order valence-corrected chi connectivity index (χ4v) is 2.96. The van der Waals surface area contributed by atoms with Gasteiger partial charge in [-0.25, -0.2) is 14.4 Å². The topological polar surface area (TPSA) is 47.5 Å². The first kappa shape index (κ1) is 16.8. The van der Waals surface area contributed by atoms with E-state index in [-0.39, 0.29) is 11.9 Å². The van der Waals surface area contributed by atoms with Gasteiger partial charge in [-0.15, -0.1) is 0 Å².